The lowest BCUT2D eigenvalue weighted by molar-refractivity contribution is -0.125. The van der Waals surface area contributed by atoms with Crippen LogP contribution in [0.3, 0.4) is 0 Å². The van der Waals surface area contributed by atoms with Crippen LogP contribution in [0.2, 0.25) is 0 Å². The highest BCUT2D eigenvalue weighted by Crippen LogP contribution is 2.38. The van der Waals surface area contributed by atoms with Crippen molar-refractivity contribution in [3.8, 4) is 11.5 Å². The Morgan fingerprint density at radius 3 is 2.52 bits per heavy atom. The van der Waals surface area contributed by atoms with Crippen LogP contribution in [0, 0.1) is 19.8 Å². The number of amides is 3. The number of nitrogens with zero attached hydrogens (tertiary/aromatic N) is 4. The Morgan fingerprint density at radius 1 is 1.02 bits per heavy atom. The minimum atomic E-state index is -0.469. The molecule has 42 heavy (non-hydrogen) atoms. The van der Waals surface area contributed by atoms with E-state index in [1.807, 2.05) is 56.3 Å². The molecule has 222 valence electrons. The highest BCUT2D eigenvalue weighted by molar-refractivity contribution is 5.96. The number of hydrogen-bond acceptors (Lipinski definition) is 6. The predicted molar refractivity (Wildman–Crippen MR) is 158 cm³/mol. The smallest absolute Gasteiger partial charge is 0.257 e. The average Bonchev–Trinajstić information content (AvgIpc) is 3.60. The van der Waals surface area contributed by atoms with Gasteiger partial charge in [-0.2, -0.15) is 5.10 Å². The number of nitrogens with one attached hydrogen (secondary N) is 1. The third kappa shape index (κ3) is 6.12. The monoisotopic (exact) mass is 573 g/mol. The molecule has 1 fully saturated rings. The van der Waals surface area contributed by atoms with E-state index in [2.05, 4.69) is 17.3 Å². The maximum Gasteiger partial charge on any atom is 0.257 e. The molecule has 10 nitrogen and oxygen atoms in total. The topological polar surface area (TPSA) is 106 Å². The van der Waals surface area contributed by atoms with Crippen molar-refractivity contribution >= 4 is 17.7 Å². The molecule has 3 heterocycles. The Hall–Kier alpha value is -4.34. The van der Waals surface area contributed by atoms with Gasteiger partial charge in [-0.15, -0.1) is 0 Å². The molecule has 2 aliphatic heterocycles. The van der Waals surface area contributed by atoms with Gasteiger partial charge in [-0.1, -0.05) is 30.7 Å². The van der Waals surface area contributed by atoms with Crippen LogP contribution >= 0.6 is 0 Å². The molecule has 5 rings (SSSR count). The quantitative estimate of drug-likeness (QED) is 0.502. The van der Waals surface area contributed by atoms with Crippen molar-refractivity contribution < 1.29 is 23.9 Å². The molecule has 2 atom stereocenters. The molecule has 0 aliphatic carbocycles. The first-order valence-corrected chi connectivity index (χ1v) is 14.6. The number of aromatic nitrogens is 2. The Balaban J connectivity index is 1.42. The van der Waals surface area contributed by atoms with Gasteiger partial charge in [0, 0.05) is 50.4 Å². The van der Waals surface area contributed by atoms with Gasteiger partial charge in [-0.3, -0.25) is 19.1 Å². The fraction of sp³-hybridized carbons (Fsp3) is 0.438. The number of ether oxygens (including phenoxy) is 2. The second-order valence-corrected chi connectivity index (χ2v) is 11.0. The van der Waals surface area contributed by atoms with Crippen molar-refractivity contribution in [3.05, 3.63) is 76.6 Å². The van der Waals surface area contributed by atoms with E-state index in [1.54, 1.807) is 27.8 Å². The van der Waals surface area contributed by atoms with E-state index >= 15 is 0 Å². The van der Waals surface area contributed by atoms with Crippen molar-refractivity contribution in [2.45, 2.75) is 39.7 Å². The number of benzene rings is 2. The molecule has 3 amide bonds. The van der Waals surface area contributed by atoms with E-state index in [0.29, 0.717) is 48.0 Å². The summed E-state index contributed by atoms with van der Waals surface area (Å²) in [5, 5.41) is 7.54. The lowest BCUT2D eigenvalue weighted by atomic mass is 9.88. The van der Waals surface area contributed by atoms with Gasteiger partial charge in [0.15, 0.2) is 11.5 Å². The summed E-state index contributed by atoms with van der Waals surface area (Å²) in [5.74, 6) is -0.000926. The van der Waals surface area contributed by atoms with Gasteiger partial charge in [-0.05, 0) is 50.1 Å². The lowest BCUT2D eigenvalue weighted by Crippen LogP contribution is -2.42. The average molecular weight is 574 g/mol. The van der Waals surface area contributed by atoms with Crippen molar-refractivity contribution in [2.24, 2.45) is 5.92 Å². The normalized spacial score (nSPS) is 19.1. The fourth-order valence-corrected chi connectivity index (χ4v) is 5.76. The zero-order valence-electron chi connectivity index (χ0n) is 24.8. The van der Waals surface area contributed by atoms with Gasteiger partial charge in [0.1, 0.15) is 6.61 Å². The van der Waals surface area contributed by atoms with Crippen molar-refractivity contribution in [1.29, 1.82) is 0 Å². The van der Waals surface area contributed by atoms with E-state index < -0.39 is 5.92 Å². The SMILES string of the molecule is CCCn1cc(C(=O)N2C[C@@H]3C(=O)NCCN(C(=O)c4ccc(C)cc4)CCOc4cc(ccc4OC)[C@H]3C2)c(C)n1. The molecule has 2 bridgehead atoms. The maximum atomic E-state index is 13.6. The summed E-state index contributed by atoms with van der Waals surface area (Å²) in [6.45, 7) is 8.50. The minimum absolute atomic E-state index is 0.127. The van der Waals surface area contributed by atoms with Gasteiger partial charge < -0.3 is 24.6 Å². The Bertz CT molecular complexity index is 1450. The molecule has 3 aromatic rings. The van der Waals surface area contributed by atoms with E-state index in [4.69, 9.17) is 9.47 Å². The van der Waals surface area contributed by atoms with E-state index in [-0.39, 0.29) is 43.3 Å². The summed E-state index contributed by atoms with van der Waals surface area (Å²) in [7, 11) is 1.58. The van der Waals surface area contributed by atoms with Crippen LogP contribution in [0.5, 0.6) is 11.5 Å². The molecular weight excluding hydrogens is 534 g/mol. The fourth-order valence-electron chi connectivity index (χ4n) is 5.76. The zero-order chi connectivity index (χ0) is 29.8. The van der Waals surface area contributed by atoms with Crippen LogP contribution in [0.15, 0.2) is 48.7 Å². The van der Waals surface area contributed by atoms with Crippen molar-refractivity contribution in [2.75, 3.05) is 46.4 Å². The molecule has 1 saturated heterocycles. The lowest BCUT2D eigenvalue weighted by Gasteiger charge is -2.24. The van der Waals surface area contributed by atoms with Gasteiger partial charge in [-0.25, -0.2) is 0 Å². The second kappa shape index (κ2) is 12.7. The number of hydrogen-bond donors (Lipinski definition) is 1. The Morgan fingerprint density at radius 2 is 1.79 bits per heavy atom. The van der Waals surface area contributed by atoms with Crippen LogP contribution in [0.4, 0.5) is 0 Å². The molecule has 0 radical (unpaired) electrons. The summed E-state index contributed by atoms with van der Waals surface area (Å²) in [4.78, 5) is 44.1. The third-order valence-electron chi connectivity index (χ3n) is 8.07. The highest BCUT2D eigenvalue weighted by atomic mass is 16.5. The molecule has 0 unspecified atom stereocenters. The Kier molecular flexibility index (Phi) is 8.80. The number of carbonyl (C=O) groups is 3. The number of methoxy groups -OCH3 is 1. The van der Waals surface area contributed by atoms with Crippen molar-refractivity contribution in [1.82, 2.24) is 24.9 Å². The van der Waals surface area contributed by atoms with Crippen LogP contribution in [-0.4, -0.2) is 83.7 Å². The molecule has 1 N–H and O–H groups in total. The summed E-state index contributed by atoms with van der Waals surface area (Å²) < 4.78 is 13.5. The number of rotatable bonds is 5. The first-order valence-electron chi connectivity index (χ1n) is 14.6. The summed E-state index contributed by atoms with van der Waals surface area (Å²) in [5.41, 5.74) is 3.78. The molecule has 2 aromatic carbocycles. The first kappa shape index (κ1) is 29.2. The standard InChI is InChI=1S/C32H39N5O5/c1-5-13-37-20-25(22(3)34-37)32(40)36-18-26-24-10-11-28(41-4)29(17-24)42-16-15-35(14-12-33-30(38)27(26)19-36)31(39)23-8-6-21(2)7-9-23/h6-11,17,20,26-27H,5,12-16,18-19H2,1-4H3,(H,33,38)/t26-,27+/m1/s1. The van der Waals surface area contributed by atoms with Gasteiger partial charge >= 0.3 is 0 Å². The van der Waals surface area contributed by atoms with Crippen LogP contribution in [-0.2, 0) is 11.3 Å². The summed E-state index contributed by atoms with van der Waals surface area (Å²) in [6, 6.07) is 13.1. The summed E-state index contributed by atoms with van der Waals surface area (Å²) >= 11 is 0. The second-order valence-electron chi connectivity index (χ2n) is 11.0. The summed E-state index contributed by atoms with van der Waals surface area (Å²) in [6.07, 6.45) is 2.72. The largest absolute Gasteiger partial charge is 0.493 e. The van der Waals surface area contributed by atoms with E-state index in [0.717, 1.165) is 24.1 Å². The predicted octanol–water partition coefficient (Wildman–Crippen LogP) is 3.43. The van der Waals surface area contributed by atoms with Crippen LogP contribution < -0.4 is 14.8 Å². The molecule has 1 aromatic heterocycles. The molecule has 0 saturated carbocycles. The van der Waals surface area contributed by atoms with Crippen LogP contribution in [0.1, 0.15) is 56.8 Å². The first-order chi connectivity index (χ1) is 20.3. The zero-order valence-corrected chi connectivity index (χ0v) is 24.8. The van der Waals surface area contributed by atoms with Gasteiger partial charge in [0.2, 0.25) is 5.91 Å². The van der Waals surface area contributed by atoms with E-state index in [1.165, 1.54) is 0 Å². The maximum absolute atomic E-state index is 13.6. The third-order valence-corrected chi connectivity index (χ3v) is 8.07. The molecule has 2 aliphatic rings. The molecular formula is C32H39N5O5. The van der Waals surface area contributed by atoms with Crippen molar-refractivity contribution in [3.63, 3.8) is 0 Å². The Labute approximate surface area is 246 Å². The van der Waals surface area contributed by atoms with Gasteiger partial charge in [0.25, 0.3) is 11.8 Å². The minimum Gasteiger partial charge on any atom is -0.493 e. The van der Waals surface area contributed by atoms with Gasteiger partial charge in [0.05, 0.1) is 30.8 Å². The highest BCUT2D eigenvalue weighted by Gasteiger charge is 2.41. The van der Waals surface area contributed by atoms with E-state index in [9.17, 15) is 14.4 Å². The number of fused-ring (bicyclic) bond motifs is 4. The molecule has 0 spiro atoms. The molecule has 10 heteroatoms. The number of aryl methyl sites for hydroxylation is 3. The number of carbonyl (C=O) groups excluding carboxylic acids is 3. The van der Waals surface area contributed by atoms with Crippen LogP contribution in [0.25, 0.3) is 0 Å². The number of likely N-dealkylation sites (tertiary alicyclic amines) is 1.